The average Bonchev–Trinajstić information content (AvgIpc) is 2.51. The van der Waals surface area contributed by atoms with Crippen molar-refractivity contribution in [3.05, 3.63) is 58.6 Å². The number of anilines is 2. The summed E-state index contributed by atoms with van der Waals surface area (Å²) in [5.41, 5.74) is 0.314. The normalized spacial score (nSPS) is 12.5. The van der Waals surface area contributed by atoms with Crippen LogP contribution in [0.3, 0.4) is 0 Å². The molecule has 0 saturated carbocycles. The van der Waals surface area contributed by atoms with Crippen molar-refractivity contribution in [1.29, 1.82) is 0 Å². The molecule has 1 atom stereocenters. The van der Waals surface area contributed by atoms with Gasteiger partial charge >= 0.3 is 0 Å². The number of nitrogens with one attached hydrogen (secondary N) is 1. The van der Waals surface area contributed by atoms with Gasteiger partial charge < -0.3 is 5.32 Å². The molecule has 0 bridgehead atoms. The number of sulfonamides is 1. The van der Waals surface area contributed by atoms with Crippen molar-refractivity contribution in [1.82, 2.24) is 0 Å². The second kappa shape index (κ2) is 7.49. The molecule has 2 rings (SSSR count). The fourth-order valence-corrected chi connectivity index (χ4v) is 3.78. The lowest BCUT2D eigenvalue weighted by Gasteiger charge is -2.28. The minimum Gasteiger partial charge on any atom is -0.323 e. The fourth-order valence-electron chi connectivity index (χ4n) is 2.23. The highest BCUT2D eigenvalue weighted by Crippen LogP contribution is 2.25. The molecule has 5 nitrogen and oxygen atoms in total. The van der Waals surface area contributed by atoms with E-state index in [9.17, 15) is 22.0 Å². The molecule has 0 aliphatic carbocycles. The van der Waals surface area contributed by atoms with Gasteiger partial charge in [-0.3, -0.25) is 9.10 Å². The molecule has 1 amide bonds. The number of amides is 1. The molecule has 0 aliphatic heterocycles. The summed E-state index contributed by atoms with van der Waals surface area (Å²) < 4.78 is 52.2. The Morgan fingerprint density at radius 1 is 1.16 bits per heavy atom. The van der Waals surface area contributed by atoms with Gasteiger partial charge in [-0.15, -0.1) is 0 Å². The Morgan fingerprint density at radius 3 is 2.36 bits per heavy atom. The predicted molar refractivity (Wildman–Crippen MR) is 95.9 cm³/mol. The highest BCUT2D eigenvalue weighted by atomic mass is 79.9. The third kappa shape index (κ3) is 4.55. The second-order valence-electron chi connectivity index (χ2n) is 5.30. The number of para-hydroxylation sites is 1. The number of hydrogen-bond donors (Lipinski definition) is 1. The Labute approximate surface area is 152 Å². The summed E-state index contributed by atoms with van der Waals surface area (Å²) in [7, 11) is -3.92. The third-order valence-electron chi connectivity index (χ3n) is 3.38. The number of hydrogen-bond acceptors (Lipinski definition) is 3. The van der Waals surface area contributed by atoms with Crippen molar-refractivity contribution in [2.75, 3.05) is 15.9 Å². The molecule has 0 unspecified atom stereocenters. The van der Waals surface area contributed by atoms with Crippen LogP contribution in [0.2, 0.25) is 0 Å². The van der Waals surface area contributed by atoms with Gasteiger partial charge in [-0.05, 0) is 47.1 Å². The monoisotopic (exact) mass is 432 g/mol. The maximum atomic E-state index is 13.5. The van der Waals surface area contributed by atoms with Gasteiger partial charge in [0.2, 0.25) is 15.9 Å². The van der Waals surface area contributed by atoms with Crippen LogP contribution in [0.4, 0.5) is 20.2 Å². The van der Waals surface area contributed by atoms with Gasteiger partial charge in [0, 0.05) is 10.5 Å². The van der Waals surface area contributed by atoms with E-state index < -0.39 is 33.6 Å². The first-order chi connectivity index (χ1) is 11.6. The highest BCUT2D eigenvalue weighted by molar-refractivity contribution is 9.10. The van der Waals surface area contributed by atoms with Crippen molar-refractivity contribution >= 4 is 43.2 Å². The Balaban J connectivity index is 2.36. The molecule has 0 aromatic heterocycles. The van der Waals surface area contributed by atoms with E-state index in [4.69, 9.17) is 0 Å². The van der Waals surface area contributed by atoms with Gasteiger partial charge in [0.05, 0.1) is 17.6 Å². The maximum Gasteiger partial charge on any atom is 0.248 e. The Morgan fingerprint density at radius 2 is 1.80 bits per heavy atom. The van der Waals surface area contributed by atoms with Crippen LogP contribution < -0.4 is 9.62 Å². The van der Waals surface area contributed by atoms with Crippen LogP contribution in [0.15, 0.2) is 46.9 Å². The van der Waals surface area contributed by atoms with Crippen LogP contribution in [0.1, 0.15) is 6.92 Å². The standard InChI is InChI=1S/C16H15BrF2N2O3S/c1-10(16(22)20-15-6-4-3-5-12(15)17)21(25(2,23)24)11-7-8-13(18)14(19)9-11/h3-10H,1-2H3,(H,20,22)/t10-/m1/s1. The predicted octanol–water partition coefficient (Wildman–Crippen LogP) is 3.52. The van der Waals surface area contributed by atoms with E-state index in [0.29, 0.717) is 10.2 Å². The van der Waals surface area contributed by atoms with Crippen molar-refractivity contribution in [2.45, 2.75) is 13.0 Å². The maximum absolute atomic E-state index is 13.5. The van der Waals surface area contributed by atoms with Crippen molar-refractivity contribution < 1.29 is 22.0 Å². The van der Waals surface area contributed by atoms with Crippen molar-refractivity contribution in [3.63, 3.8) is 0 Å². The first-order valence-corrected chi connectivity index (χ1v) is 9.75. The van der Waals surface area contributed by atoms with Gasteiger partial charge in [0.1, 0.15) is 6.04 Å². The van der Waals surface area contributed by atoms with E-state index >= 15 is 0 Å². The van der Waals surface area contributed by atoms with Gasteiger partial charge in [-0.2, -0.15) is 0 Å². The molecule has 1 N–H and O–H groups in total. The first kappa shape index (κ1) is 19.3. The molecule has 9 heteroatoms. The molecule has 2 aromatic carbocycles. The summed E-state index contributed by atoms with van der Waals surface area (Å²) in [6.07, 6.45) is 0.885. The Bertz CT molecular complexity index is 906. The lowest BCUT2D eigenvalue weighted by atomic mass is 10.2. The number of halogens is 3. The van der Waals surface area contributed by atoms with E-state index in [1.165, 1.54) is 6.92 Å². The van der Waals surface area contributed by atoms with Gasteiger partial charge in [0.25, 0.3) is 0 Å². The fraction of sp³-hybridized carbons (Fsp3) is 0.188. The average molecular weight is 433 g/mol. The SMILES string of the molecule is C[C@H](C(=O)Nc1ccccc1Br)N(c1ccc(F)c(F)c1)S(C)(=O)=O. The van der Waals surface area contributed by atoms with Crippen LogP contribution in [0, 0.1) is 11.6 Å². The van der Waals surface area contributed by atoms with Crippen molar-refractivity contribution in [3.8, 4) is 0 Å². The van der Waals surface area contributed by atoms with Crippen LogP contribution in [0.5, 0.6) is 0 Å². The summed E-state index contributed by atoms with van der Waals surface area (Å²) >= 11 is 3.28. The zero-order valence-electron chi connectivity index (χ0n) is 13.3. The summed E-state index contributed by atoms with van der Waals surface area (Å²) in [5.74, 6) is -2.94. The highest BCUT2D eigenvalue weighted by Gasteiger charge is 2.30. The number of rotatable bonds is 5. The molecule has 0 radical (unpaired) electrons. The third-order valence-corrected chi connectivity index (χ3v) is 5.31. The van der Waals surface area contributed by atoms with Crippen molar-refractivity contribution in [2.24, 2.45) is 0 Å². The molecule has 0 heterocycles. The molecule has 0 saturated heterocycles. The summed E-state index contributed by atoms with van der Waals surface area (Å²) in [4.78, 5) is 12.5. The van der Waals surface area contributed by atoms with Crippen LogP contribution in [0.25, 0.3) is 0 Å². The molecule has 0 fully saturated rings. The van der Waals surface area contributed by atoms with Gasteiger partial charge in [-0.1, -0.05) is 12.1 Å². The molecule has 0 spiro atoms. The van der Waals surface area contributed by atoms with E-state index in [1.54, 1.807) is 24.3 Å². The zero-order chi connectivity index (χ0) is 18.8. The lowest BCUT2D eigenvalue weighted by molar-refractivity contribution is -0.116. The number of carbonyl (C=O) groups excluding carboxylic acids is 1. The van der Waals surface area contributed by atoms with Crippen LogP contribution in [-0.4, -0.2) is 26.6 Å². The number of carbonyl (C=O) groups is 1. The zero-order valence-corrected chi connectivity index (χ0v) is 15.7. The van der Waals surface area contributed by atoms with Crippen LogP contribution in [-0.2, 0) is 14.8 Å². The molecule has 25 heavy (non-hydrogen) atoms. The second-order valence-corrected chi connectivity index (χ2v) is 8.02. The van der Waals surface area contributed by atoms with Gasteiger partial charge in [-0.25, -0.2) is 17.2 Å². The Kier molecular flexibility index (Phi) is 5.79. The van der Waals surface area contributed by atoms with Gasteiger partial charge in [0.15, 0.2) is 11.6 Å². The molecule has 2 aromatic rings. The summed E-state index contributed by atoms with van der Waals surface area (Å²) in [6.45, 7) is 1.36. The lowest BCUT2D eigenvalue weighted by Crippen LogP contribution is -2.45. The van der Waals surface area contributed by atoms with E-state index in [-0.39, 0.29) is 5.69 Å². The summed E-state index contributed by atoms with van der Waals surface area (Å²) in [6, 6.07) is 8.26. The van der Waals surface area contributed by atoms with Crippen LogP contribution >= 0.6 is 15.9 Å². The first-order valence-electron chi connectivity index (χ1n) is 7.11. The number of nitrogens with zero attached hydrogens (tertiary/aromatic N) is 1. The minimum atomic E-state index is -3.92. The molecular weight excluding hydrogens is 418 g/mol. The van der Waals surface area contributed by atoms with E-state index in [2.05, 4.69) is 21.2 Å². The summed E-state index contributed by atoms with van der Waals surface area (Å²) in [5, 5.41) is 2.60. The molecular formula is C16H15BrF2N2O3S. The Hall–Kier alpha value is -2.00. The largest absolute Gasteiger partial charge is 0.323 e. The molecule has 0 aliphatic rings. The molecule has 134 valence electrons. The smallest absolute Gasteiger partial charge is 0.248 e. The number of benzene rings is 2. The van der Waals surface area contributed by atoms with E-state index in [0.717, 1.165) is 28.8 Å². The topological polar surface area (TPSA) is 66.5 Å². The van der Waals surface area contributed by atoms with E-state index in [1.807, 2.05) is 0 Å². The minimum absolute atomic E-state index is 0.142. The quantitative estimate of drug-likeness (QED) is 0.785.